The molecule has 0 saturated heterocycles. The summed E-state index contributed by atoms with van der Waals surface area (Å²) in [4.78, 5) is 4.13. The fourth-order valence-electron chi connectivity index (χ4n) is 1.86. The zero-order valence-corrected chi connectivity index (χ0v) is 12.6. The van der Waals surface area contributed by atoms with Crippen LogP contribution in [0.2, 0.25) is 0 Å². The number of benzene rings is 2. The molecule has 1 nitrogen and oxygen atoms in total. The average molecular weight is 265 g/mol. The van der Waals surface area contributed by atoms with Gasteiger partial charge in [0.2, 0.25) is 0 Å². The third-order valence-corrected chi connectivity index (χ3v) is 2.78. The summed E-state index contributed by atoms with van der Waals surface area (Å²) in [5.74, 6) is 0. The van der Waals surface area contributed by atoms with Gasteiger partial charge in [0.25, 0.3) is 0 Å². The maximum absolute atomic E-state index is 4.13. The van der Waals surface area contributed by atoms with E-state index in [4.69, 9.17) is 0 Å². The van der Waals surface area contributed by atoms with Crippen molar-refractivity contribution >= 4 is 11.8 Å². The van der Waals surface area contributed by atoms with Crippen molar-refractivity contribution in [3.8, 4) is 0 Å². The molecule has 2 aromatic carbocycles. The molecule has 2 rings (SSSR count). The van der Waals surface area contributed by atoms with E-state index in [0.717, 1.165) is 6.42 Å². The Hall–Kier alpha value is -2.15. The van der Waals surface area contributed by atoms with Gasteiger partial charge in [0.05, 0.1) is 0 Å². The molecule has 0 saturated carbocycles. The van der Waals surface area contributed by atoms with Crippen LogP contribution in [-0.4, -0.2) is 13.3 Å². The summed E-state index contributed by atoms with van der Waals surface area (Å²) in [5, 5.41) is 0. The second kappa shape index (κ2) is 9.74. The van der Waals surface area contributed by atoms with Crippen molar-refractivity contribution in [2.75, 3.05) is 7.05 Å². The van der Waals surface area contributed by atoms with E-state index in [2.05, 4.69) is 59.6 Å². The van der Waals surface area contributed by atoms with Gasteiger partial charge in [-0.2, -0.15) is 0 Å². The van der Waals surface area contributed by atoms with Gasteiger partial charge in [-0.3, -0.25) is 4.99 Å². The van der Waals surface area contributed by atoms with Crippen LogP contribution in [0, 0.1) is 0 Å². The molecule has 0 spiro atoms. The summed E-state index contributed by atoms with van der Waals surface area (Å²) in [6.07, 6.45) is 5.06. The minimum absolute atomic E-state index is 0.928. The van der Waals surface area contributed by atoms with Crippen LogP contribution >= 0.6 is 0 Å². The molecule has 0 bridgehead atoms. The zero-order chi connectivity index (χ0) is 14.6. The van der Waals surface area contributed by atoms with E-state index in [1.165, 1.54) is 16.7 Å². The monoisotopic (exact) mass is 265 g/mol. The van der Waals surface area contributed by atoms with Crippen LogP contribution in [0.15, 0.2) is 71.7 Å². The van der Waals surface area contributed by atoms with Gasteiger partial charge in [0, 0.05) is 13.3 Å². The van der Waals surface area contributed by atoms with Crippen molar-refractivity contribution in [3.05, 3.63) is 77.9 Å². The van der Waals surface area contributed by atoms with Crippen LogP contribution in [0.1, 0.15) is 25.0 Å². The Bertz CT molecular complexity index is 524. The van der Waals surface area contributed by atoms with E-state index in [0.29, 0.717) is 0 Å². The summed E-state index contributed by atoms with van der Waals surface area (Å²) in [6.45, 7) is 4.00. The Morgan fingerprint density at radius 3 is 2.00 bits per heavy atom. The normalized spacial score (nSPS) is 11.1. The Labute approximate surface area is 122 Å². The SMILES string of the molecule is CC.CN=C/C(=C\Cc1ccccc1)c1ccccc1. The summed E-state index contributed by atoms with van der Waals surface area (Å²) < 4.78 is 0. The van der Waals surface area contributed by atoms with E-state index in [1.807, 2.05) is 32.2 Å². The molecule has 0 unspecified atom stereocenters. The van der Waals surface area contributed by atoms with Crippen LogP contribution in [0.25, 0.3) is 5.57 Å². The van der Waals surface area contributed by atoms with Crippen LogP contribution < -0.4 is 0 Å². The van der Waals surface area contributed by atoms with Gasteiger partial charge in [-0.1, -0.05) is 80.6 Å². The summed E-state index contributed by atoms with van der Waals surface area (Å²) in [7, 11) is 1.80. The quantitative estimate of drug-likeness (QED) is 0.687. The van der Waals surface area contributed by atoms with E-state index >= 15 is 0 Å². The molecule has 0 atom stereocenters. The molecule has 0 amide bonds. The smallest absolute Gasteiger partial charge is 0.0284 e. The Balaban J connectivity index is 0.000000956. The minimum atomic E-state index is 0.928. The maximum Gasteiger partial charge on any atom is 0.0284 e. The topological polar surface area (TPSA) is 12.4 Å². The van der Waals surface area contributed by atoms with Crippen molar-refractivity contribution in [2.24, 2.45) is 4.99 Å². The predicted molar refractivity (Wildman–Crippen MR) is 90.3 cm³/mol. The molecule has 2 aromatic rings. The van der Waals surface area contributed by atoms with Crippen LogP contribution in [0.3, 0.4) is 0 Å². The number of allylic oxidation sites excluding steroid dienone is 2. The molecule has 0 aromatic heterocycles. The van der Waals surface area contributed by atoms with E-state index in [9.17, 15) is 0 Å². The van der Waals surface area contributed by atoms with Crippen molar-refractivity contribution in [2.45, 2.75) is 20.3 Å². The first kappa shape index (κ1) is 15.9. The molecular formula is C19H23N. The van der Waals surface area contributed by atoms with E-state index in [1.54, 1.807) is 7.05 Å². The number of aliphatic imine (C=N–C) groups is 1. The summed E-state index contributed by atoms with van der Waals surface area (Å²) in [5.41, 5.74) is 3.69. The molecule has 0 aliphatic heterocycles. The van der Waals surface area contributed by atoms with Crippen molar-refractivity contribution in [1.82, 2.24) is 0 Å². The van der Waals surface area contributed by atoms with Gasteiger partial charge in [0.1, 0.15) is 0 Å². The first-order valence-electron chi connectivity index (χ1n) is 7.12. The van der Waals surface area contributed by atoms with Gasteiger partial charge in [-0.05, 0) is 23.1 Å². The number of nitrogens with zero attached hydrogens (tertiary/aromatic N) is 1. The molecule has 0 heterocycles. The molecule has 1 heteroatoms. The van der Waals surface area contributed by atoms with Gasteiger partial charge in [0.15, 0.2) is 0 Å². The third kappa shape index (κ3) is 5.23. The highest BCUT2D eigenvalue weighted by atomic mass is 14.6. The zero-order valence-electron chi connectivity index (χ0n) is 12.6. The van der Waals surface area contributed by atoms with Crippen LogP contribution in [0.5, 0.6) is 0 Å². The summed E-state index contributed by atoms with van der Waals surface area (Å²) >= 11 is 0. The fourth-order valence-corrected chi connectivity index (χ4v) is 1.86. The molecule has 104 valence electrons. The fraction of sp³-hybridized carbons (Fsp3) is 0.211. The van der Waals surface area contributed by atoms with Gasteiger partial charge in [-0.15, -0.1) is 0 Å². The van der Waals surface area contributed by atoms with Crippen molar-refractivity contribution < 1.29 is 0 Å². The third-order valence-electron chi connectivity index (χ3n) is 2.78. The molecule has 0 aliphatic carbocycles. The summed E-state index contributed by atoms with van der Waals surface area (Å²) in [6, 6.07) is 20.8. The Morgan fingerprint density at radius 1 is 0.900 bits per heavy atom. The van der Waals surface area contributed by atoms with Crippen LogP contribution in [0.4, 0.5) is 0 Å². The second-order valence-electron chi connectivity index (χ2n) is 4.10. The van der Waals surface area contributed by atoms with Crippen molar-refractivity contribution in [1.29, 1.82) is 0 Å². The van der Waals surface area contributed by atoms with Crippen molar-refractivity contribution in [3.63, 3.8) is 0 Å². The predicted octanol–water partition coefficient (Wildman–Crippen LogP) is 5.04. The standard InChI is InChI=1S/C17H17N.C2H6/c1-18-14-17(16-10-6-3-7-11-16)13-12-15-8-4-2-5-9-15;1-2/h2-11,13-14H,12H2,1H3;1-2H3/b17-13+,18-14?;. The van der Waals surface area contributed by atoms with E-state index < -0.39 is 0 Å². The first-order valence-corrected chi connectivity index (χ1v) is 7.12. The minimum Gasteiger partial charge on any atom is -0.296 e. The lowest BCUT2D eigenvalue weighted by Crippen LogP contribution is -1.88. The van der Waals surface area contributed by atoms with Gasteiger partial charge in [-0.25, -0.2) is 0 Å². The second-order valence-corrected chi connectivity index (χ2v) is 4.10. The number of hydrogen-bond acceptors (Lipinski definition) is 1. The Kier molecular flexibility index (Phi) is 7.74. The average Bonchev–Trinajstić information content (AvgIpc) is 2.55. The largest absolute Gasteiger partial charge is 0.296 e. The molecule has 0 radical (unpaired) electrons. The highest BCUT2D eigenvalue weighted by Crippen LogP contribution is 2.13. The maximum atomic E-state index is 4.13. The molecular weight excluding hydrogens is 242 g/mol. The molecule has 20 heavy (non-hydrogen) atoms. The first-order chi connectivity index (χ1) is 9.90. The molecule has 0 aliphatic rings. The van der Waals surface area contributed by atoms with Gasteiger partial charge < -0.3 is 0 Å². The lowest BCUT2D eigenvalue weighted by molar-refractivity contribution is 1.27. The van der Waals surface area contributed by atoms with Crippen LogP contribution in [-0.2, 0) is 6.42 Å². The molecule has 0 fully saturated rings. The number of rotatable bonds is 4. The number of hydrogen-bond donors (Lipinski definition) is 0. The Morgan fingerprint density at radius 2 is 1.45 bits per heavy atom. The highest BCUT2D eigenvalue weighted by molar-refractivity contribution is 6.09. The van der Waals surface area contributed by atoms with E-state index in [-0.39, 0.29) is 0 Å². The lowest BCUT2D eigenvalue weighted by Gasteiger charge is -2.02. The lowest BCUT2D eigenvalue weighted by atomic mass is 10.0. The molecule has 0 N–H and O–H groups in total. The highest BCUT2D eigenvalue weighted by Gasteiger charge is 1.97. The van der Waals surface area contributed by atoms with Gasteiger partial charge >= 0.3 is 0 Å².